The lowest BCUT2D eigenvalue weighted by molar-refractivity contribution is 0.128. The molecule has 18 heavy (non-hydrogen) atoms. The molecule has 0 saturated carbocycles. The summed E-state index contributed by atoms with van der Waals surface area (Å²) in [6, 6.07) is 10.7. The maximum atomic E-state index is 10.2. The summed E-state index contributed by atoms with van der Waals surface area (Å²) in [6.07, 6.45) is 5.87. The van der Waals surface area contributed by atoms with Crippen molar-refractivity contribution in [1.82, 2.24) is 4.90 Å². The van der Waals surface area contributed by atoms with Crippen molar-refractivity contribution in [3.05, 3.63) is 35.9 Å². The Morgan fingerprint density at radius 3 is 2.78 bits per heavy atom. The van der Waals surface area contributed by atoms with Gasteiger partial charge >= 0.3 is 0 Å². The monoisotopic (exact) mass is 247 g/mol. The van der Waals surface area contributed by atoms with E-state index in [1.165, 1.54) is 32.2 Å². The summed E-state index contributed by atoms with van der Waals surface area (Å²) in [6.45, 7) is 4.53. The van der Waals surface area contributed by atoms with Crippen LogP contribution in [0.15, 0.2) is 30.3 Å². The molecule has 0 radical (unpaired) electrons. The average Bonchev–Trinajstić information content (AvgIpc) is 2.62. The molecule has 2 atom stereocenters. The first-order valence-corrected chi connectivity index (χ1v) is 7.24. The van der Waals surface area contributed by atoms with Gasteiger partial charge < -0.3 is 10.0 Å². The molecule has 1 fully saturated rings. The summed E-state index contributed by atoms with van der Waals surface area (Å²) in [5.74, 6) is 0. The first kappa shape index (κ1) is 13.6. The third-order valence-electron chi connectivity index (χ3n) is 4.06. The van der Waals surface area contributed by atoms with Crippen molar-refractivity contribution in [2.75, 3.05) is 13.1 Å². The summed E-state index contributed by atoms with van der Waals surface area (Å²) in [4.78, 5) is 2.54. The number of likely N-dealkylation sites (tertiary alicyclic amines) is 1. The van der Waals surface area contributed by atoms with Crippen molar-refractivity contribution in [3.8, 4) is 0 Å². The molecule has 1 saturated heterocycles. The van der Waals surface area contributed by atoms with E-state index in [1.807, 2.05) is 30.3 Å². The van der Waals surface area contributed by atoms with Gasteiger partial charge in [0.2, 0.25) is 0 Å². The standard InChI is InChI=1S/C16H25NO/c1-14-8-4-3-7-12-17(14)13-11-16(18)15-9-5-2-6-10-15/h2,5-6,9-10,14,16,18H,3-4,7-8,11-13H2,1H3. The van der Waals surface area contributed by atoms with E-state index in [4.69, 9.17) is 0 Å². The van der Waals surface area contributed by atoms with Crippen LogP contribution >= 0.6 is 0 Å². The predicted octanol–water partition coefficient (Wildman–Crippen LogP) is 3.37. The highest BCUT2D eigenvalue weighted by Gasteiger charge is 2.17. The molecule has 1 aromatic rings. The second-order valence-electron chi connectivity index (χ2n) is 5.45. The minimum Gasteiger partial charge on any atom is -0.388 e. The molecule has 0 spiro atoms. The van der Waals surface area contributed by atoms with Gasteiger partial charge in [-0.2, -0.15) is 0 Å². The molecule has 100 valence electrons. The zero-order chi connectivity index (χ0) is 12.8. The minimum absolute atomic E-state index is 0.318. The summed E-state index contributed by atoms with van der Waals surface area (Å²) in [7, 11) is 0. The minimum atomic E-state index is -0.318. The molecule has 1 heterocycles. The molecule has 0 aliphatic carbocycles. The largest absolute Gasteiger partial charge is 0.388 e. The van der Waals surface area contributed by atoms with E-state index >= 15 is 0 Å². The molecular weight excluding hydrogens is 222 g/mol. The third-order valence-corrected chi connectivity index (χ3v) is 4.06. The van der Waals surface area contributed by atoms with Crippen LogP contribution in [0.1, 0.15) is 50.7 Å². The van der Waals surface area contributed by atoms with Gasteiger partial charge in [-0.25, -0.2) is 0 Å². The van der Waals surface area contributed by atoms with E-state index in [9.17, 15) is 5.11 Å². The zero-order valence-electron chi connectivity index (χ0n) is 11.4. The fraction of sp³-hybridized carbons (Fsp3) is 0.625. The quantitative estimate of drug-likeness (QED) is 0.881. The number of benzene rings is 1. The van der Waals surface area contributed by atoms with Crippen molar-refractivity contribution in [3.63, 3.8) is 0 Å². The lowest BCUT2D eigenvalue weighted by atomic mass is 10.1. The van der Waals surface area contributed by atoms with Gasteiger partial charge in [0.15, 0.2) is 0 Å². The lowest BCUT2D eigenvalue weighted by Gasteiger charge is -2.27. The number of aliphatic hydroxyl groups excluding tert-OH is 1. The maximum Gasteiger partial charge on any atom is 0.0802 e. The smallest absolute Gasteiger partial charge is 0.0802 e. The average molecular weight is 247 g/mol. The van der Waals surface area contributed by atoms with Gasteiger partial charge in [0.25, 0.3) is 0 Å². The number of rotatable bonds is 4. The summed E-state index contributed by atoms with van der Waals surface area (Å²) in [5.41, 5.74) is 1.04. The molecule has 2 unspecified atom stereocenters. The summed E-state index contributed by atoms with van der Waals surface area (Å²) >= 11 is 0. The molecule has 1 aliphatic rings. The van der Waals surface area contributed by atoms with Crippen LogP contribution in [-0.4, -0.2) is 29.1 Å². The molecule has 1 aromatic carbocycles. The Bertz CT molecular complexity index is 338. The van der Waals surface area contributed by atoms with Gasteiger partial charge in [-0.1, -0.05) is 43.2 Å². The van der Waals surface area contributed by atoms with Crippen molar-refractivity contribution >= 4 is 0 Å². The van der Waals surface area contributed by atoms with Gasteiger partial charge in [-0.3, -0.25) is 0 Å². The van der Waals surface area contributed by atoms with Crippen LogP contribution in [0.2, 0.25) is 0 Å². The number of hydrogen-bond acceptors (Lipinski definition) is 2. The third kappa shape index (κ3) is 3.82. The normalized spacial score (nSPS) is 23.6. The van der Waals surface area contributed by atoms with E-state index in [0.717, 1.165) is 18.5 Å². The zero-order valence-corrected chi connectivity index (χ0v) is 11.4. The lowest BCUT2D eigenvalue weighted by Crippen LogP contribution is -2.34. The SMILES string of the molecule is CC1CCCCCN1CCC(O)c1ccccc1. The van der Waals surface area contributed by atoms with E-state index in [1.54, 1.807) is 0 Å². The van der Waals surface area contributed by atoms with Crippen molar-refractivity contribution in [2.24, 2.45) is 0 Å². The van der Waals surface area contributed by atoms with Gasteiger partial charge in [0, 0.05) is 12.6 Å². The number of hydrogen-bond donors (Lipinski definition) is 1. The summed E-state index contributed by atoms with van der Waals surface area (Å²) < 4.78 is 0. The Kier molecular flexibility index (Phi) is 5.21. The molecular formula is C16H25NO. The predicted molar refractivity (Wildman–Crippen MR) is 75.5 cm³/mol. The molecule has 2 heteroatoms. The Balaban J connectivity index is 1.83. The molecule has 1 aliphatic heterocycles. The molecule has 0 bridgehead atoms. The highest BCUT2D eigenvalue weighted by atomic mass is 16.3. The molecule has 0 amide bonds. The Hall–Kier alpha value is -0.860. The van der Waals surface area contributed by atoms with Gasteiger partial charge in [-0.05, 0) is 38.3 Å². The second-order valence-corrected chi connectivity index (χ2v) is 5.45. The Morgan fingerprint density at radius 1 is 1.22 bits per heavy atom. The summed E-state index contributed by atoms with van der Waals surface area (Å²) in [5, 5.41) is 10.2. The van der Waals surface area contributed by atoms with Crippen molar-refractivity contribution < 1.29 is 5.11 Å². The topological polar surface area (TPSA) is 23.5 Å². The first-order chi connectivity index (χ1) is 8.77. The fourth-order valence-corrected chi connectivity index (χ4v) is 2.80. The van der Waals surface area contributed by atoms with Crippen LogP contribution < -0.4 is 0 Å². The maximum absolute atomic E-state index is 10.2. The van der Waals surface area contributed by atoms with E-state index in [2.05, 4.69) is 11.8 Å². The Labute approximate surface area is 111 Å². The first-order valence-electron chi connectivity index (χ1n) is 7.24. The van der Waals surface area contributed by atoms with Crippen molar-refractivity contribution in [1.29, 1.82) is 0 Å². The van der Waals surface area contributed by atoms with E-state index < -0.39 is 0 Å². The Morgan fingerprint density at radius 2 is 2.00 bits per heavy atom. The molecule has 2 rings (SSSR count). The number of nitrogens with zero attached hydrogens (tertiary/aromatic N) is 1. The molecule has 0 aromatic heterocycles. The van der Waals surface area contributed by atoms with Gasteiger partial charge in [0.1, 0.15) is 0 Å². The van der Waals surface area contributed by atoms with E-state index in [0.29, 0.717) is 6.04 Å². The van der Waals surface area contributed by atoms with Crippen LogP contribution in [-0.2, 0) is 0 Å². The highest BCUT2D eigenvalue weighted by molar-refractivity contribution is 5.17. The fourth-order valence-electron chi connectivity index (χ4n) is 2.80. The van der Waals surface area contributed by atoms with Crippen LogP contribution in [0.3, 0.4) is 0 Å². The van der Waals surface area contributed by atoms with Gasteiger partial charge in [-0.15, -0.1) is 0 Å². The van der Waals surface area contributed by atoms with Crippen LogP contribution in [0.4, 0.5) is 0 Å². The number of aliphatic hydroxyl groups is 1. The molecule has 2 nitrogen and oxygen atoms in total. The van der Waals surface area contributed by atoms with E-state index in [-0.39, 0.29) is 6.10 Å². The van der Waals surface area contributed by atoms with Gasteiger partial charge in [0.05, 0.1) is 6.10 Å². The molecule has 1 N–H and O–H groups in total. The van der Waals surface area contributed by atoms with Crippen LogP contribution in [0, 0.1) is 0 Å². The highest BCUT2D eigenvalue weighted by Crippen LogP contribution is 2.20. The van der Waals surface area contributed by atoms with Crippen LogP contribution in [0.5, 0.6) is 0 Å². The van der Waals surface area contributed by atoms with Crippen molar-refractivity contribution in [2.45, 2.75) is 51.2 Å². The second kappa shape index (κ2) is 6.91. The van der Waals surface area contributed by atoms with Crippen LogP contribution in [0.25, 0.3) is 0 Å².